The summed E-state index contributed by atoms with van der Waals surface area (Å²) < 4.78 is 0. The van der Waals surface area contributed by atoms with Crippen molar-refractivity contribution < 1.29 is 4.79 Å². The summed E-state index contributed by atoms with van der Waals surface area (Å²) in [5.74, 6) is 0.274. The van der Waals surface area contributed by atoms with Crippen molar-refractivity contribution >= 4 is 17.4 Å². The first-order valence-electron chi connectivity index (χ1n) is 4.69. The van der Waals surface area contributed by atoms with Crippen LogP contribution in [0.3, 0.4) is 0 Å². The SMILES string of the molecule is Cc1cn[nH]c1NC(=O)c1ccc(N)cn1. The van der Waals surface area contributed by atoms with E-state index in [-0.39, 0.29) is 5.91 Å². The standard InChI is InChI=1S/C10H11N5O/c1-6-4-13-15-9(6)14-10(16)8-3-2-7(11)5-12-8/h2-5H,11H2,1H3,(H2,13,14,15,16). The number of aromatic amines is 1. The fraction of sp³-hybridized carbons (Fsp3) is 0.100. The van der Waals surface area contributed by atoms with E-state index < -0.39 is 0 Å². The first kappa shape index (κ1) is 10.2. The molecule has 16 heavy (non-hydrogen) atoms. The number of nitrogen functional groups attached to an aromatic ring is 1. The van der Waals surface area contributed by atoms with Crippen LogP contribution >= 0.6 is 0 Å². The molecule has 0 bridgehead atoms. The highest BCUT2D eigenvalue weighted by atomic mass is 16.1. The third-order valence-corrected chi connectivity index (χ3v) is 2.09. The van der Waals surface area contributed by atoms with E-state index in [1.54, 1.807) is 18.3 Å². The molecule has 0 saturated heterocycles. The number of H-pyrrole nitrogens is 1. The van der Waals surface area contributed by atoms with Crippen molar-refractivity contribution in [3.05, 3.63) is 35.8 Å². The van der Waals surface area contributed by atoms with E-state index in [1.165, 1.54) is 6.20 Å². The molecule has 2 aromatic rings. The highest BCUT2D eigenvalue weighted by Crippen LogP contribution is 2.10. The number of nitrogens with two attached hydrogens (primary N) is 1. The van der Waals surface area contributed by atoms with E-state index in [1.807, 2.05) is 6.92 Å². The van der Waals surface area contributed by atoms with Gasteiger partial charge in [0.15, 0.2) is 0 Å². The first-order valence-corrected chi connectivity index (χ1v) is 4.69. The lowest BCUT2D eigenvalue weighted by molar-refractivity contribution is 0.102. The van der Waals surface area contributed by atoms with Crippen molar-refractivity contribution in [1.82, 2.24) is 15.2 Å². The van der Waals surface area contributed by atoms with Crippen LogP contribution in [0, 0.1) is 6.92 Å². The number of amides is 1. The molecule has 2 heterocycles. The van der Waals surface area contributed by atoms with Gasteiger partial charge in [-0.1, -0.05) is 0 Å². The van der Waals surface area contributed by atoms with E-state index in [0.29, 0.717) is 17.2 Å². The van der Waals surface area contributed by atoms with Gasteiger partial charge in [0.2, 0.25) is 0 Å². The Labute approximate surface area is 91.9 Å². The normalized spacial score (nSPS) is 10.1. The molecule has 0 unspecified atom stereocenters. The van der Waals surface area contributed by atoms with Gasteiger partial charge >= 0.3 is 0 Å². The number of carbonyl (C=O) groups excluding carboxylic acids is 1. The minimum Gasteiger partial charge on any atom is -0.397 e. The topological polar surface area (TPSA) is 96.7 Å². The van der Waals surface area contributed by atoms with Gasteiger partial charge in [0.05, 0.1) is 18.1 Å². The molecule has 4 N–H and O–H groups in total. The molecular weight excluding hydrogens is 206 g/mol. The van der Waals surface area contributed by atoms with Gasteiger partial charge in [-0.3, -0.25) is 9.89 Å². The maximum Gasteiger partial charge on any atom is 0.275 e. The fourth-order valence-corrected chi connectivity index (χ4v) is 1.19. The molecule has 82 valence electrons. The molecule has 2 rings (SSSR count). The molecule has 0 aliphatic carbocycles. The summed E-state index contributed by atoms with van der Waals surface area (Å²) in [6.07, 6.45) is 3.07. The zero-order valence-electron chi connectivity index (χ0n) is 8.69. The number of nitrogens with one attached hydrogen (secondary N) is 2. The molecule has 6 heteroatoms. The molecule has 0 radical (unpaired) electrons. The third kappa shape index (κ3) is 2.00. The number of aromatic nitrogens is 3. The smallest absolute Gasteiger partial charge is 0.275 e. The van der Waals surface area contributed by atoms with Gasteiger partial charge in [-0.25, -0.2) is 4.98 Å². The highest BCUT2D eigenvalue weighted by molar-refractivity contribution is 6.02. The quantitative estimate of drug-likeness (QED) is 0.697. The molecule has 2 aromatic heterocycles. The van der Waals surface area contributed by atoms with E-state index in [9.17, 15) is 4.79 Å². The summed E-state index contributed by atoms with van der Waals surface area (Å²) in [5, 5.41) is 9.15. The number of aryl methyl sites for hydroxylation is 1. The summed E-state index contributed by atoms with van der Waals surface area (Å²) in [5.41, 5.74) is 7.17. The molecule has 0 spiro atoms. The average Bonchev–Trinajstić information content (AvgIpc) is 2.65. The zero-order chi connectivity index (χ0) is 11.5. The summed E-state index contributed by atoms with van der Waals surface area (Å²) in [6, 6.07) is 3.19. The minimum atomic E-state index is -0.299. The molecule has 0 aromatic carbocycles. The lowest BCUT2D eigenvalue weighted by Crippen LogP contribution is -2.14. The van der Waals surface area contributed by atoms with Crippen molar-refractivity contribution in [1.29, 1.82) is 0 Å². The number of hydrogen-bond donors (Lipinski definition) is 3. The van der Waals surface area contributed by atoms with Gasteiger partial charge in [0, 0.05) is 5.56 Å². The second-order valence-corrected chi connectivity index (χ2v) is 3.36. The Hall–Kier alpha value is -2.37. The van der Waals surface area contributed by atoms with E-state index in [4.69, 9.17) is 5.73 Å². The maximum absolute atomic E-state index is 11.7. The third-order valence-electron chi connectivity index (χ3n) is 2.09. The van der Waals surface area contributed by atoms with Crippen molar-refractivity contribution in [3.8, 4) is 0 Å². The van der Waals surface area contributed by atoms with Crippen molar-refractivity contribution in [2.45, 2.75) is 6.92 Å². The summed E-state index contributed by atoms with van der Waals surface area (Å²) >= 11 is 0. The molecule has 0 aliphatic heterocycles. The first-order chi connectivity index (χ1) is 7.66. The van der Waals surface area contributed by atoms with Gasteiger partial charge in [-0.05, 0) is 19.1 Å². The van der Waals surface area contributed by atoms with Gasteiger partial charge in [-0.2, -0.15) is 5.10 Å². The zero-order valence-corrected chi connectivity index (χ0v) is 8.69. The number of anilines is 2. The van der Waals surface area contributed by atoms with Crippen LogP contribution in [0.5, 0.6) is 0 Å². The molecule has 1 amide bonds. The van der Waals surface area contributed by atoms with Crippen molar-refractivity contribution in [3.63, 3.8) is 0 Å². The Morgan fingerprint density at radius 2 is 2.25 bits per heavy atom. The largest absolute Gasteiger partial charge is 0.397 e. The summed E-state index contributed by atoms with van der Waals surface area (Å²) in [4.78, 5) is 15.6. The van der Waals surface area contributed by atoms with E-state index in [2.05, 4.69) is 20.5 Å². The second kappa shape index (κ2) is 4.01. The number of rotatable bonds is 2. The average molecular weight is 217 g/mol. The Bertz CT molecular complexity index is 502. The van der Waals surface area contributed by atoms with Crippen LogP contribution < -0.4 is 11.1 Å². The molecule has 6 nitrogen and oxygen atoms in total. The Balaban J connectivity index is 2.15. The fourth-order valence-electron chi connectivity index (χ4n) is 1.19. The molecule has 0 atom stereocenters. The lowest BCUT2D eigenvalue weighted by Gasteiger charge is -2.02. The molecular formula is C10H11N5O. The molecule has 0 saturated carbocycles. The molecule has 0 aliphatic rings. The van der Waals surface area contributed by atoms with Crippen LogP contribution in [0.1, 0.15) is 16.1 Å². The van der Waals surface area contributed by atoms with Crippen LogP contribution in [-0.4, -0.2) is 21.1 Å². The van der Waals surface area contributed by atoms with Gasteiger partial charge in [0.25, 0.3) is 5.91 Å². The van der Waals surface area contributed by atoms with Crippen LogP contribution in [0.25, 0.3) is 0 Å². The predicted octanol–water partition coefficient (Wildman–Crippen LogP) is 0.948. The van der Waals surface area contributed by atoms with Gasteiger partial charge in [0.1, 0.15) is 11.5 Å². The summed E-state index contributed by atoms with van der Waals surface area (Å²) in [6.45, 7) is 1.84. The lowest BCUT2D eigenvalue weighted by atomic mass is 10.3. The van der Waals surface area contributed by atoms with Gasteiger partial charge in [-0.15, -0.1) is 0 Å². The van der Waals surface area contributed by atoms with Gasteiger partial charge < -0.3 is 11.1 Å². The Kier molecular flexibility index (Phi) is 2.55. The molecule has 0 fully saturated rings. The second-order valence-electron chi connectivity index (χ2n) is 3.36. The summed E-state index contributed by atoms with van der Waals surface area (Å²) in [7, 11) is 0. The number of nitrogens with zero attached hydrogens (tertiary/aromatic N) is 2. The minimum absolute atomic E-state index is 0.299. The monoisotopic (exact) mass is 217 g/mol. The van der Waals surface area contributed by atoms with Crippen LogP contribution in [0.4, 0.5) is 11.5 Å². The Morgan fingerprint density at radius 1 is 1.44 bits per heavy atom. The van der Waals surface area contributed by atoms with Crippen LogP contribution in [0.15, 0.2) is 24.5 Å². The number of hydrogen-bond acceptors (Lipinski definition) is 4. The number of carbonyl (C=O) groups is 1. The van der Waals surface area contributed by atoms with Crippen LogP contribution in [-0.2, 0) is 0 Å². The Morgan fingerprint density at radius 3 is 2.81 bits per heavy atom. The number of pyridine rings is 1. The van der Waals surface area contributed by atoms with E-state index >= 15 is 0 Å². The van der Waals surface area contributed by atoms with Crippen molar-refractivity contribution in [2.75, 3.05) is 11.1 Å². The predicted molar refractivity (Wildman–Crippen MR) is 59.9 cm³/mol. The highest BCUT2D eigenvalue weighted by Gasteiger charge is 2.09. The van der Waals surface area contributed by atoms with Crippen molar-refractivity contribution in [2.24, 2.45) is 0 Å². The van der Waals surface area contributed by atoms with Crippen LogP contribution in [0.2, 0.25) is 0 Å². The maximum atomic E-state index is 11.7. The van der Waals surface area contributed by atoms with E-state index in [0.717, 1.165) is 5.56 Å².